The van der Waals surface area contributed by atoms with Gasteiger partial charge in [0.05, 0.1) is 0 Å². The summed E-state index contributed by atoms with van der Waals surface area (Å²) in [5.41, 5.74) is 5.29. The number of hydrogen-bond donors (Lipinski definition) is 0. The molecule has 68 valence electrons. The van der Waals surface area contributed by atoms with Crippen LogP contribution in [0.2, 0.25) is 0 Å². The zero-order chi connectivity index (χ0) is 9.72. The highest BCUT2D eigenvalue weighted by molar-refractivity contribution is 5.44. The highest BCUT2D eigenvalue weighted by Gasteiger charge is 2.01. The third kappa shape index (κ3) is 2.69. The van der Waals surface area contributed by atoms with E-state index in [1.807, 2.05) is 0 Å². The Kier molecular flexibility index (Phi) is 4.65. The lowest BCUT2D eigenvalue weighted by molar-refractivity contribution is 1.06. The first-order valence-electron chi connectivity index (χ1n) is 4.53. The Bertz CT molecular complexity index is 226. The van der Waals surface area contributed by atoms with Gasteiger partial charge >= 0.3 is 0 Å². The van der Waals surface area contributed by atoms with Crippen LogP contribution in [0.5, 0.6) is 0 Å². The Balaban J connectivity index is 4.90. The van der Waals surface area contributed by atoms with Gasteiger partial charge in [0.2, 0.25) is 0 Å². The van der Waals surface area contributed by atoms with Crippen molar-refractivity contribution in [3.63, 3.8) is 0 Å². The first-order chi connectivity index (χ1) is 5.54. The first-order valence-corrected chi connectivity index (χ1v) is 4.53. The van der Waals surface area contributed by atoms with Gasteiger partial charge < -0.3 is 0 Å². The van der Waals surface area contributed by atoms with Crippen molar-refractivity contribution < 1.29 is 0 Å². The Morgan fingerprint density at radius 2 is 1.75 bits per heavy atom. The second-order valence-electron chi connectivity index (χ2n) is 3.24. The molecule has 0 unspecified atom stereocenters. The lowest BCUT2D eigenvalue weighted by Gasteiger charge is -2.10. The Labute approximate surface area is 76.7 Å². The third-order valence-electron chi connectivity index (χ3n) is 2.32. The van der Waals surface area contributed by atoms with E-state index in [2.05, 4.69) is 47.3 Å². The van der Waals surface area contributed by atoms with E-state index in [-0.39, 0.29) is 0 Å². The molecule has 0 radical (unpaired) electrons. The van der Waals surface area contributed by atoms with Crippen LogP contribution < -0.4 is 0 Å². The monoisotopic (exact) mass is 164 g/mol. The summed E-state index contributed by atoms with van der Waals surface area (Å²) in [6, 6.07) is 0. The molecule has 0 aromatic rings. The fourth-order valence-electron chi connectivity index (χ4n) is 1.28. The van der Waals surface area contributed by atoms with Crippen LogP contribution in [-0.2, 0) is 0 Å². The zero-order valence-electron chi connectivity index (χ0n) is 8.99. The van der Waals surface area contributed by atoms with Gasteiger partial charge in [0, 0.05) is 0 Å². The van der Waals surface area contributed by atoms with E-state index >= 15 is 0 Å². The molecular formula is C12H20. The Morgan fingerprint density at radius 3 is 2.00 bits per heavy atom. The van der Waals surface area contributed by atoms with Crippen LogP contribution in [-0.4, -0.2) is 0 Å². The van der Waals surface area contributed by atoms with Crippen molar-refractivity contribution in [1.82, 2.24) is 0 Å². The molecule has 0 saturated heterocycles. The summed E-state index contributed by atoms with van der Waals surface area (Å²) in [7, 11) is 0. The summed E-state index contributed by atoms with van der Waals surface area (Å²) in [6.07, 6.45) is 3.26. The van der Waals surface area contributed by atoms with Gasteiger partial charge in [0.15, 0.2) is 0 Å². The van der Waals surface area contributed by atoms with E-state index in [9.17, 15) is 0 Å². The molecule has 12 heavy (non-hydrogen) atoms. The maximum absolute atomic E-state index is 3.96. The summed E-state index contributed by atoms with van der Waals surface area (Å²) in [4.78, 5) is 0. The second kappa shape index (κ2) is 4.97. The molecule has 0 nitrogen and oxygen atoms in total. The lowest BCUT2D eigenvalue weighted by Crippen LogP contribution is -1.90. The van der Waals surface area contributed by atoms with Gasteiger partial charge in [-0.2, -0.15) is 0 Å². The molecule has 0 saturated carbocycles. The van der Waals surface area contributed by atoms with Crippen molar-refractivity contribution >= 4 is 0 Å². The van der Waals surface area contributed by atoms with Crippen LogP contribution in [0.3, 0.4) is 0 Å². The van der Waals surface area contributed by atoms with Crippen LogP contribution in [0, 0.1) is 0 Å². The smallest absolute Gasteiger partial charge is 0.0247 e. The molecule has 0 spiro atoms. The van der Waals surface area contributed by atoms with Crippen molar-refractivity contribution in [2.24, 2.45) is 0 Å². The van der Waals surface area contributed by atoms with Gasteiger partial charge in [-0.3, -0.25) is 0 Å². The van der Waals surface area contributed by atoms with E-state index in [0.29, 0.717) is 0 Å². The topological polar surface area (TPSA) is 0 Å². The van der Waals surface area contributed by atoms with E-state index in [4.69, 9.17) is 0 Å². The van der Waals surface area contributed by atoms with Gasteiger partial charge in [-0.25, -0.2) is 0 Å². The quantitative estimate of drug-likeness (QED) is 0.547. The summed E-state index contributed by atoms with van der Waals surface area (Å²) >= 11 is 0. The number of hydrogen-bond acceptors (Lipinski definition) is 0. The molecule has 0 aliphatic heterocycles. The molecule has 0 aromatic heterocycles. The summed E-state index contributed by atoms with van der Waals surface area (Å²) in [5, 5.41) is 0. The highest BCUT2D eigenvalue weighted by Crippen LogP contribution is 2.21. The average molecular weight is 164 g/mol. The molecule has 0 aliphatic carbocycles. The first kappa shape index (κ1) is 11.2. The molecule has 0 amide bonds. The van der Waals surface area contributed by atoms with E-state index in [0.717, 1.165) is 12.0 Å². The minimum absolute atomic E-state index is 1.12. The van der Waals surface area contributed by atoms with Gasteiger partial charge in [-0.15, -0.1) is 0 Å². The largest absolute Gasteiger partial charge is 0.0955 e. The molecule has 0 bridgehead atoms. The van der Waals surface area contributed by atoms with Crippen molar-refractivity contribution in [3.8, 4) is 0 Å². The van der Waals surface area contributed by atoms with Crippen LogP contribution in [0.25, 0.3) is 0 Å². The standard InChI is InChI=1S/C12H20/c1-7-10(5)11(6)12(8-2)9(3)4/h8H,3,7H2,1-2,4-6H3. The maximum atomic E-state index is 3.96. The van der Waals surface area contributed by atoms with E-state index < -0.39 is 0 Å². The highest BCUT2D eigenvalue weighted by atomic mass is 14.1. The van der Waals surface area contributed by atoms with Gasteiger partial charge in [-0.05, 0) is 45.3 Å². The summed E-state index contributed by atoms with van der Waals surface area (Å²) < 4.78 is 0. The molecule has 0 N–H and O–H groups in total. The maximum Gasteiger partial charge on any atom is -0.0247 e. The molecule has 0 heteroatoms. The van der Waals surface area contributed by atoms with Crippen LogP contribution >= 0.6 is 0 Å². The van der Waals surface area contributed by atoms with E-state index in [1.165, 1.54) is 16.7 Å². The molecule has 0 aliphatic rings. The van der Waals surface area contributed by atoms with Crippen molar-refractivity contribution in [2.45, 2.75) is 41.0 Å². The predicted octanol–water partition coefficient (Wildman–Crippen LogP) is 4.26. The van der Waals surface area contributed by atoms with Gasteiger partial charge in [0.25, 0.3) is 0 Å². The van der Waals surface area contributed by atoms with Crippen molar-refractivity contribution in [2.75, 3.05) is 0 Å². The van der Waals surface area contributed by atoms with E-state index in [1.54, 1.807) is 0 Å². The minimum Gasteiger partial charge on any atom is -0.0955 e. The third-order valence-corrected chi connectivity index (χ3v) is 2.32. The zero-order valence-corrected chi connectivity index (χ0v) is 8.99. The minimum atomic E-state index is 1.12. The molecular weight excluding hydrogens is 144 g/mol. The summed E-state index contributed by atoms with van der Waals surface area (Å²) in [6.45, 7) is 14.6. The SMILES string of the molecule is C=C(C)C(=CC)C(C)=C(C)CC. The fraction of sp³-hybridized carbons (Fsp3) is 0.500. The Morgan fingerprint density at radius 1 is 1.25 bits per heavy atom. The number of rotatable bonds is 3. The van der Waals surface area contributed by atoms with Gasteiger partial charge in [-0.1, -0.05) is 30.7 Å². The molecule has 0 aromatic carbocycles. The second-order valence-corrected chi connectivity index (χ2v) is 3.24. The van der Waals surface area contributed by atoms with Crippen LogP contribution in [0.15, 0.2) is 34.9 Å². The molecule has 0 rings (SSSR count). The van der Waals surface area contributed by atoms with Crippen LogP contribution in [0.1, 0.15) is 41.0 Å². The lowest BCUT2D eigenvalue weighted by atomic mass is 9.96. The van der Waals surface area contributed by atoms with Crippen molar-refractivity contribution in [1.29, 1.82) is 0 Å². The fourth-order valence-corrected chi connectivity index (χ4v) is 1.28. The molecule has 0 heterocycles. The molecule has 0 fully saturated rings. The van der Waals surface area contributed by atoms with Gasteiger partial charge in [0.1, 0.15) is 0 Å². The number of allylic oxidation sites excluding steroid dienone is 5. The molecule has 0 atom stereocenters. The summed E-state index contributed by atoms with van der Waals surface area (Å²) in [5.74, 6) is 0. The predicted molar refractivity (Wildman–Crippen MR) is 57.2 cm³/mol. The van der Waals surface area contributed by atoms with Crippen LogP contribution in [0.4, 0.5) is 0 Å². The normalized spacial score (nSPS) is 14.2. The average Bonchev–Trinajstić information content (AvgIpc) is 2.03. The van der Waals surface area contributed by atoms with Crippen molar-refractivity contribution in [3.05, 3.63) is 34.9 Å². The Hall–Kier alpha value is -0.780.